The molecule has 1 heterocycles. The molecule has 3 atom stereocenters. The molecular weight excluding hydrogens is 404 g/mol. The van der Waals surface area contributed by atoms with Gasteiger partial charge in [-0.2, -0.15) is 0 Å². The Morgan fingerprint density at radius 2 is 1.80 bits per heavy atom. The molecule has 0 aromatic heterocycles. The zero-order valence-electron chi connectivity index (χ0n) is 17.5. The smallest absolute Gasteiger partial charge is 0.223 e. The monoisotopic (exact) mass is 438 g/mol. The quantitative estimate of drug-likeness (QED) is 0.548. The summed E-state index contributed by atoms with van der Waals surface area (Å²) in [5.41, 5.74) is 0.717. The highest BCUT2D eigenvalue weighted by Crippen LogP contribution is 2.25. The van der Waals surface area contributed by atoms with Crippen LogP contribution in [0.3, 0.4) is 0 Å². The molecule has 2 aliphatic rings. The first-order valence-electron chi connectivity index (χ1n) is 11.0. The Bertz CT molecular complexity index is 765. The number of benzene rings is 1. The van der Waals surface area contributed by atoms with Crippen molar-refractivity contribution in [2.75, 3.05) is 13.2 Å². The van der Waals surface area contributed by atoms with Gasteiger partial charge in [0.15, 0.2) is 0 Å². The number of aliphatic hydroxyl groups excluding tert-OH is 1. The number of hydrogen-bond donors (Lipinski definition) is 3. The van der Waals surface area contributed by atoms with Crippen LogP contribution in [0.1, 0.15) is 56.9 Å². The Labute approximate surface area is 179 Å². The highest BCUT2D eigenvalue weighted by atomic mass is 32.2. The molecule has 30 heavy (non-hydrogen) atoms. The van der Waals surface area contributed by atoms with E-state index in [1.807, 2.05) is 18.2 Å². The summed E-state index contributed by atoms with van der Waals surface area (Å²) < 4.78 is 33.7. The van der Waals surface area contributed by atoms with Gasteiger partial charge in [0.2, 0.25) is 15.9 Å². The van der Waals surface area contributed by atoms with Gasteiger partial charge in [0.05, 0.1) is 30.6 Å². The van der Waals surface area contributed by atoms with Crippen molar-refractivity contribution in [2.24, 2.45) is 5.92 Å². The molecule has 0 radical (unpaired) electrons. The summed E-state index contributed by atoms with van der Waals surface area (Å²) in [5, 5.41) is 12.7. The third kappa shape index (κ3) is 7.04. The summed E-state index contributed by atoms with van der Waals surface area (Å²) in [6.45, 7) is 0.298. The lowest BCUT2D eigenvalue weighted by Gasteiger charge is -2.36. The van der Waals surface area contributed by atoms with Crippen molar-refractivity contribution < 1.29 is 23.1 Å². The average molecular weight is 439 g/mol. The van der Waals surface area contributed by atoms with Crippen LogP contribution in [-0.2, 0) is 25.3 Å². The number of nitrogens with one attached hydrogen (secondary N) is 2. The first-order chi connectivity index (χ1) is 14.5. The van der Waals surface area contributed by atoms with Gasteiger partial charge in [-0.3, -0.25) is 4.79 Å². The van der Waals surface area contributed by atoms with Crippen molar-refractivity contribution in [1.82, 2.24) is 10.0 Å². The Balaban J connectivity index is 1.43. The molecule has 1 saturated carbocycles. The van der Waals surface area contributed by atoms with Crippen molar-refractivity contribution in [3.63, 3.8) is 0 Å². The van der Waals surface area contributed by atoms with Crippen LogP contribution in [0.15, 0.2) is 30.3 Å². The number of carbonyl (C=O) groups excluding carboxylic acids is 1. The summed E-state index contributed by atoms with van der Waals surface area (Å²) in [4.78, 5) is 12.3. The molecule has 1 aliphatic heterocycles. The van der Waals surface area contributed by atoms with E-state index in [1.165, 1.54) is 6.42 Å². The third-order valence-corrected chi connectivity index (χ3v) is 7.44. The van der Waals surface area contributed by atoms with Crippen LogP contribution >= 0.6 is 0 Å². The maximum Gasteiger partial charge on any atom is 0.223 e. The van der Waals surface area contributed by atoms with Gasteiger partial charge in [0.25, 0.3) is 0 Å². The fourth-order valence-electron chi connectivity index (χ4n) is 4.41. The minimum atomic E-state index is -3.53. The fraction of sp³-hybridized carbons (Fsp3) is 0.682. The molecule has 7 nitrogen and oxygen atoms in total. The predicted octanol–water partition coefficient (Wildman–Crippen LogP) is 2.10. The molecule has 2 fully saturated rings. The lowest BCUT2D eigenvalue weighted by atomic mass is 9.88. The number of carbonyl (C=O) groups is 1. The SMILES string of the molecule is O=C(NCC[C@H]1CC[C@H](NS(=O)(=O)Cc2ccccc2)[C@@H](CO)O1)C1CCCCC1. The van der Waals surface area contributed by atoms with Crippen molar-refractivity contribution in [2.45, 2.75) is 75.4 Å². The molecule has 168 valence electrons. The number of aliphatic hydroxyl groups is 1. The number of hydrogen-bond acceptors (Lipinski definition) is 5. The van der Waals surface area contributed by atoms with Gasteiger partial charge in [-0.25, -0.2) is 13.1 Å². The first kappa shape index (κ1) is 23.2. The van der Waals surface area contributed by atoms with Crippen LogP contribution < -0.4 is 10.0 Å². The van der Waals surface area contributed by atoms with Gasteiger partial charge in [0.1, 0.15) is 0 Å². The molecule has 1 aromatic rings. The van der Waals surface area contributed by atoms with Gasteiger partial charge in [-0.1, -0.05) is 49.6 Å². The van der Waals surface area contributed by atoms with Crippen LogP contribution in [-0.4, -0.2) is 50.8 Å². The molecule has 1 amide bonds. The molecular formula is C22H34N2O5S. The fourth-order valence-corrected chi connectivity index (χ4v) is 5.86. The molecule has 1 saturated heterocycles. The van der Waals surface area contributed by atoms with E-state index >= 15 is 0 Å². The van der Waals surface area contributed by atoms with E-state index in [-0.39, 0.29) is 30.3 Å². The standard InChI is InChI=1S/C22H34N2O5S/c25-15-21-20(24-30(27,28)16-17-7-3-1-4-8-17)12-11-19(29-21)13-14-23-22(26)18-9-5-2-6-10-18/h1,3-4,7-8,18-21,24-25H,2,5-6,9-16H2,(H,23,26)/t19-,20+,21-/m1/s1. The van der Waals surface area contributed by atoms with E-state index in [2.05, 4.69) is 10.0 Å². The van der Waals surface area contributed by atoms with Gasteiger partial charge >= 0.3 is 0 Å². The normalized spacial score (nSPS) is 25.7. The number of amides is 1. The van der Waals surface area contributed by atoms with E-state index in [0.717, 1.165) is 25.7 Å². The molecule has 3 rings (SSSR count). The number of sulfonamides is 1. The molecule has 1 aliphatic carbocycles. The summed E-state index contributed by atoms with van der Waals surface area (Å²) in [7, 11) is -3.53. The second-order valence-corrected chi connectivity index (χ2v) is 10.2. The van der Waals surface area contributed by atoms with Crippen LogP contribution in [0.2, 0.25) is 0 Å². The van der Waals surface area contributed by atoms with Crippen molar-refractivity contribution in [1.29, 1.82) is 0 Å². The highest BCUT2D eigenvalue weighted by Gasteiger charge is 2.33. The van der Waals surface area contributed by atoms with Gasteiger partial charge in [0, 0.05) is 12.5 Å². The Kier molecular flexibility index (Phi) is 8.68. The summed E-state index contributed by atoms with van der Waals surface area (Å²) >= 11 is 0. The van der Waals surface area contributed by atoms with E-state index < -0.39 is 22.2 Å². The lowest BCUT2D eigenvalue weighted by Crippen LogP contribution is -2.51. The van der Waals surface area contributed by atoms with Crippen LogP contribution in [0.25, 0.3) is 0 Å². The lowest BCUT2D eigenvalue weighted by molar-refractivity contribution is -0.126. The molecule has 0 bridgehead atoms. The number of rotatable bonds is 9. The van der Waals surface area contributed by atoms with Gasteiger partial charge in [-0.05, 0) is 37.7 Å². The Hall–Kier alpha value is -1.48. The predicted molar refractivity (Wildman–Crippen MR) is 115 cm³/mol. The molecule has 0 unspecified atom stereocenters. The Morgan fingerprint density at radius 3 is 2.50 bits per heavy atom. The van der Waals surface area contributed by atoms with E-state index in [0.29, 0.717) is 31.4 Å². The van der Waals surface area contributed by atoms with Gasteiger partial charge in [-0.15, -0.1) is 0 Å². The second kappa shape index (κ2) is 11.2. The van der Waals surface area contributed by atoms with Crippen molar-refractivity contribution in [3.05, 3.63) is 35.9 Å². The Morgan fingerprint density at radius 1 is 1.07 bits per heavy atom. The summed E-state index contributed by atoms with van der Waals surface area (Å²) in [5.74, 6) is 0.175. The van der Waals surface area contributed by atoms with Crippen LogP contribution in [0.5, 0.6) is 0 Å². The maximum atomic E-state index is 12.5. The van der Waals surface area contributed by atoms with E-state index in [9.17, 15) is 18.3 Å². The maximum absolute atomic E-state index is 12.5. The van der Waals surface area contributed by atoms with Crippen molar-refractivity contribution >= 4 is 15.9 Å². The van der Waals surface area contributed by atoms with Crippen molar-refractivity contribution in [3.8, 4) is 0 Å². The summed E-state index contributed by atoms with van der Waals surface area (Å²) in [6.07, 6.45) is 6.71. The third-order valence-electron chi connectivity index (χ3n) is 6.07. The topological polar surface area (TPSA) is 105 Å². The minimum Gasteiger partial charge on any atom is -0.394 e. The second-order valence-electron chi connectivity index (χ2n) is 8.44. The van der Waals surface area contributed by atoms with Crippen LogP contribution in [0.4, 0.5) is 0 Å². The highest BCUT2D eigenvalue weighted by molar-refractivity contribution is 7.88. The molecule has 8 heteroatoms. The molecule has 1 aromatic carbocycles. The average Bonchev–Trinajstić information content (AvgIpc) is 2.75. The molecule has 3 N–H and O–H groups in total. The van der Waals surface area contributed by atoms with Crippen LogP contribution in [0, 0.1) is 5.92 Å². The van der Waals surface area contributed by atoms with Gasteiger partial charge < -0.3 is 15.2 Å². The largest absolute Gasteiger partial charge is 0.394 e. The molecule has 0 spiro atoms. The van der Waals surface area contributed by atoms with E-state index in [1.54, 1.807) is 12.1 Å². The zero-order valence-corrected chi connectivity index (χ0v) is 18.3. The zero-order chi connectivity index (χ0) is 21.4. The number of ether oxygens (including phenoxy) is 1. The van der Waals surface area contributed by atoms with E-state index in [4.69, 9.17) is 4.74 Å². The first-order valence-corrected chi connectivity index (χ1v) is 12.7. The summed E-state index contributed by atoms with van der Waals surface area (Å²) in [6, 6.07) is 8.57. The minimum absolute atomic E-state index is 0.0938.